The molecule has 1 atom stereocenters. The molecule has 1 amide bonds. The number of aromatic nitrogens is 1. The van der Waals surface area contributed by atoms with Crippen LogP contribution < -0.4 is 10.6 Å². The zero-order valence-corrected chi connectivity index (χ0v) is 13.4. The van der Waals surface area contributed by atoms with Gasteiger partial charge in [0.1, 0.15) is 5.82 Å². The van der Waals surface area contributed by atoms with E-state index < -0.39 is 0 Å². The molecule has 0 radical (unpaired) electrons. The largest absolute Gasteiger partial charge is 0.369 e. The number of rotatable bonds is 6. The third-order valence-corrected chi connectivity index (χ3v) is 4.06. The number of anilines is 1. The van der Waals surface area contributed by atoms with Crippen molar-refractivity contribution in [2.24, 2.45) is 0 Å². The first kappa shape index (κ1) is 16.0. The van der Waals surface area contributed by atoms with Gasteiger partial charge in [0.05, 0.1) is 10.6 Å². The molecule has 1 saturated heterocycles. The Morgan fingerprint density at radius 3 is 2.81 bits per heavy atom. The molecule has 0 aliphatic carbocycles. The van der Waals surface area contributed by atoms with Crippen molar-refractivity contribution in [3.05, 3.63) is 22.8 Å². The van der Waals surface area contributed by atoms with E-state index in [1.807, 2.05) is 6.92 Å². The zero-order valence-electron chi connectivity index (χ0n) is 12.7. The highest BCUT2D eigenvalue weighted by molar-refractivity contribution is 6.33. The molecular weight excluding hydrogens is 288 g/mol. The van der Waals surface area contributed by atoms with E-state index in [2.05, 4.69) is 27.4 Å². The Balaban J connectivity index is 1.89. The summed E-state index contributed by atoms with van der Waals surface area (Å²) in [7, 11) is 0. The smallest absolute Gasteiger partial charge is 0.252 e. The molecule has 6 heteroatoms. The maximum atomic E-state index is 12.1. The Labute approximate surface area is 131 Å². The molecule has 1 aliphatic rings. The fourth-order valence-electron chi connectivity index (χ4n) is 2.51. The van der Waals surface area contributed by atoms with Gasteiger partial charge in [-0.25, -0.2) is 4.98 Å². The number of amides is 1. The van der Waals surface area contributed by atoms with E-state index in [4.69, 9.17) is 11.6 Å². The zero-order chi connectivity index (χ0) is 15.2. The lowest BCUT2D eigenvalue weighted by molar-refractivity contribution is 0.0940. The number of hydrogen-bond donors (Lipinski definition) is 2. The molecule has 1 aliphatic heterocycles. The third kappa shape index (κ3) is 4.32. The molecule has 1 aromatic rings. The van der Waals surface area contributed by atoms with Crippen LogP contribution in [0.5, 0.6) is 0 Å². The fourth-order valence-corrected chi connectivity index (χ4v) is 2.75. The van der Waals surface area contributed by atoms with Crippen molar-refractivity contribution in [3.8, 4) is 0 Å². The highest BCUT2D eigenvalue weighted by Gasteiger charge is 2.18. The summed E-state index contributed by atoms with van der Waals surface area (Å²) in [6.07, 6.45) is 4.06. The van der Waals surface area contributed by atoms with E-state index in [0.717, 1.165) is 19.6 Å². The fraction of sp³-hybridized carbons (Fsp3) is 0.600. The summed E-state index contributed by atoms with van der Waals surface area (Å²) >= 11 is 6.11. The van der Waals surface area contributed by atoms with Crippen LogP contribution >= 0.6 is 11.6 Å². The van der Waals surface area contributed by atoms with E-state index in [1.54, 1.807) is 12.3 Å². The van der Waals surface area contributed by atoms with Crippen LogP contribution in [0, 0.1) is 0 Å². The van der Waals surface area contributed by atoms with Gasteiger partial charge >= 0.3 is 0 Å². The predicted octanol–water partition coefficient (Wildman–Crippen LogP) is 2.38. The number of nitrogens with one attached hydrogen (secondary N) is 2. The number of nitrogens with zero attached hydrogens (tertiary/aromatic N) is 2. The average Bonchev–Trinajstić information content (AvgIpc) is 3.01. The van der Waals surface area contributed by atoms with Gasteiger partial charge in [0.15, 0.2) is 0 Å². The first-order valence-electron chi connectivity index (χ1n) is 7.53. The molecule has 2 rings (SSSR count). The Morgan fingerprint density at radius 2 is 2.19 bits per heavy atom. The molecule has 1 unspecified atom stereocenters. The molecule has 2 N–H and O–H groups in total. The van der Waals surface area contributed by atoms with Crippen molar-refractivity contribution >= 4 is 23.3 Å². The van der Waals surface area contributed by atoms with Gasteiger partial charge in [-0.1, -0.05) is 11.6 Å². The van der Waals surface area contributed by atoms with Crippen LogP contribution in [0.25, 0.3) is 0 Å². The van der Waals surface area contributed by atoms with E-state index in [1.165, 1.54) is 12.8 Å². The third-order valence-electron chi connectivity index (χ3n) is 3.77. The summed E-state index contributed by atoms with van der Waals surface area (Å²) in [6, 6.07) is 2.02. The van der Waals surface area contributed by atoms with Gasteiger partial charge in [0, 0.05) is 25.3 Å². The minimum Gasteiger partial charge on any atom is -0.369 e. The molecule has 0 saturated carbocycles. The molecular formula is C15H23ClN4O. The van der Waals surface area contributed by atoms with E-state index >= 15 is 0 Å². The minimum absolute atomic E-state index is 0.126. The molecule has 0 bridgehead atoms. The maximum absolute atomic E-state index is 12.1. The van der Waals surface area contributed by atoms with Crippen molar-refractivity contribution < 1.29 is 4.79 Å². The molecule has 0 aromatic carbocycles. The van der Waals surface area contributed by atoms with Gasteiger partial charge in [0.25, 0.3) is 5.91 Å². The van der Waals surface area contributed by atoms with Crippen molar-refractivity contribution in [3.63, 3.8) is 0 Å². The number of carbonyl (C=O) groups is 1. The normalized spacial score (nSPS) is 16.7. The summed E-state index contributed by atoms with van der Waals surface area (Å²) in [5, 5.41) is 6.47. The number of carbonyl (C=O) groups excluding carboxylic acids is 1. The molecule has 116 valence electrons. The maximum Gasteiger partial charge on any atom is 0.252 e. The summed E-state index contributed by atoms with van der Waals surface area (Å²) in [4.78, 5) is 18.7. The number of halogens is 1. The van der Waals surface area contributed by atoms with Crippen molar-refractivity contribution in [2.75, 3.05) is 31.5 Å². The average molecular weight is 311 g/mol. The van der Waals surface area contributed by atoms with Crippen LogP contribution in [-0.4, -0.2) is 48.0 Å². The summed E-state index contributed by atoms with van der Waals surface area (Å²) < 4.78 is 0. The van der Waals surface area contributed by atoms with E-state index in [-0.39, 0.29) is 5.91 Å². The van der Waals surface area contributed by atoms with E-state index in [0.29, 0.717) is 29.0 Å². The Bertz CT molecular complexity index is 489. The van der Waals surface area contributed by atoms with Crippen LogP contribution in [0.15, 0.2) is 12.3 Å². The van der Waals surface area contributed by atoms with Crippen LogP contribution in [-0.2, 0) is 0 Å². The van der Waals surface area contributed by atoms with Gasteiger partial charge in [-0.3, -0.25) is 9.69 Å². The summed E-state index contributed by atoms with van der Waals surface area (Å²) in [6.45, 7) is 7.75. The first-order chi connectivity index (χ1) is 10.1. The lowest BCUT2D eigenvalue weighted by Crippen LogP contribution is -2.40. The standard InChI is InChI=1S/C15H23ClN4O/c1-3-17-14-13(16)8-12(10-18-14)15(21)19-9-11(2)20-6-4-5-7-20/h8,10-11H,3-7,9H2,1-2H3,(H,17,18)(H,19,21). The monoisotopic (exact) mass is 310 g/mol. The Hall–Kier alpha value is -1.33. The molecule has 1 fully saturated rings. The van der Waals surface area contributed by atoms with Crippen molar-refractivity contribution in [2.45, 2.75) is 32.7 Å². The second-order valence-corrected chi connectivity index (χ2v) is 5.79. The van der Waals surface area contributed by atoms with Gasteiger partial charge in [-0.2, -0.15) is 0 Å². The molecule has 0 spiro atoms. The number of pyridine rings is 1. The highest BCUT2D eigenvalue weighted by atomic mass is 35.5. The van der Waals surface area contributed by atoms with Crippen LogP contribution in [0.4, 0.5) is 5.82 Å². The van der Waals surface area contributed by atoms with Crippen molar-refractivity contribution in [1.29, 1.82) is 0 Å². The van der Waals surface area contributed by atoms with Gasteiger partial charge in [-0.05, 0) is 45.8 Å². The number of hydrogen-bond acceptors (Lipinski definition) is 4. The summed E-state index contributed by atoms with van der Waals surface area (Å²) in [5.74, 6) is 0.486. The molecule has 2 heterocycles. The molecule has 21 heavy (non-hydrogen) atoms. The summed E-state index contributed by atoms with van der Waals surface area (Å²) in [5.41, 5.74) is 0.496. The quantitative estimate of drug-likeness (QED) is 0.847. The van der Waals surface area contributed by atoms with Crippen LogP contribution in [0.2, 0.25) is 5.02 Å². The molecule has 5 nitrogen and oxygen atoms in total. The van der Waals surface area contributed by atoms with Crippen molar-refractivity contribution in [1.82, 2.24) is 15.2 Å². The topological polar surface area (TPSA) is 57.3 Å². The number of likely N-dealkylation sites (tertiary alicyclic amines) is 1. The van der Waals surface area contributed by atoms with E-state index in [9.17, 15) is 4.79 Å². The Kier molecular flexibility index (Phi) is 5.82. The van der Waals surface area contributed by atoms with Crippen LogP contribution in [0.3, 0.4) is 0 Å². The van der Waals surface area contributed by atoms with Gasteiger partial charge in [-0.15, -0.1) is 0 Å². The SMILES string of the molecule is CCNc1ncc(C(=O)NCC(C)N2CCCC2)cc1Cl. The highest BCUT2D eigenvalue weighted by Crippen LogP contribution is 2.19. The second kappa shape index (κ2) is 7.61. The Morgan fingerprint density at radius 1 is 1.48 bits per heavy atom. The minimum atomic E-state index is -0.126. The second-order valence-electron chi connectivity index (χ2n) is 5.39. The van der Waals surface area contributed by atoms with Gasteiger partial charge < -0.3 is 10.6 Å². The molecule has 1 aromatic heterocycles. The predicted molar refractivity (Wildman–Crippen MR) is 86.0 cm³/mol. The first-order valence-corrected chi connectivity index (χ1v) is 7.91. The van der Waals surface area contributed by atoms with Gasteiger partial charge in [0.2, 0.25) is 0 Å². The lowest BCUT2D eigenvalue weighted by Gasteiger charge is -2.23. The lowest BCUT2D eigenvalue weighted by atomic mass is 10.2. The van der Waals surface area contributed by atoms with Crippen LogP contribution in [0.1, 0.15) is 37.0 Å².